The monoisotopic (exact) mass is 366 g/mol. The zero-order chi connectivity index (χ0) is 19.2. The molecule has 0 unspecified atom stereocenters. The molecule has 3 rings (SSSR count). The topological polar surface area (TPSA) is 51.0 Å². The molecule has 1 aromatic carbocycles. The van der Waals surface area contributed by atoms with Crippen LogP contribution in [-0.2, 0) is 24.4 Å². The van der Waals surface area contributed by atoms with Crippen molar-refractivity contribution < 1.29 is 9.18 Å². The molecule has 2 aromatic heterocycles. The van der Waals surface area contributed by atoms with Crippen LogP contribution in [0.2, 0.25) is 0 Å². The Labute approximate surface area is 158 Å². The standard InChI is InChI=1S/C21H23FN4O/c1-16(2)21(27)26(14-18-4-3-9-23-12-18)15-20-24-10-11-25(20)13-17-5-7-19(22)8-6-17/h3-12,16H,13-15H2,1-2H3. The average molecular weight is 366 g/mol. The second kappa shape index (κ2) is 8.58. The van der Waals surface area contributed by atoms with E-state index in [2.05, 4.69) is 9.97 Å². The summed E-state index contributed by atoms with van der Waals surface area (Å²) < 4.78 is 15.1. The van der Waals surface area contributed by atoms with Crippen LogP contribution >= 0.6 is 0 Å². The first-order chi connectivity index (χ1) is 13.0. The van der Waals surface area contributed by atoms with Gasteiger partial charge in [-0.25, -0.2) is 9.37 Å². The number of carbonyl (C=O) groups is 1. The summed E-state index contributed by atoms with van der Waals surface area (Å²) in [7, 11) is 0. The van der Waals surface area contributed by atoms with Crippen LogP contribution in [0, 0.1) is 11.7 Å². The Morgan fingerprint density at radius 2 is 1.89 bits per heavy atom. The number of imidazole rings is 1. The highest BCUT2D eigenvalue weighted by Gasteiger charge is 2.20. The van der Waals surface area contributed by atoms with E-state index in [1.807, 2.05) is 36.7 Å². The molecule has 0 aliphatic rings. The predicted molar refractivity (Wildman–Crippen MR) is 101 cm³/mol. The van der Waals surface area contributed by atoms with E-state index in [1.54, 1.807) is 35.6 Å². The quantitative estimate of drug-likeness (QED) is 0.641. The lowest BCUT2D eigenvalue weighted by Gasteiger charge is -2.24. The zero-order valence-corrected chi connectivity index (χ0v) is 15.5. The SMILES string of the molecule is CC(C)C(=O)N(Cc1cccnc1)Cc1nccn1Cc1ccc(F)cc1. The third-order valence-electron chi connectivity index (χ3n) is 4.30. The maximum atomic E-state index is 13.1. The molecular formula is C21H23FN4O. The van der Waals surface area contributed by atoms with Crippen LogP contribution in [0.5, 0.6) is 0 Å². The smallest absolute Gasteiger partial charge is 0.225 e. The zero-order valence-electron chi connectivity index (χ0n) is 15.5. The Morgan fingerprint density at radius 1 is 1.11 bits per heavy atom. The molecule has 0 N–H and O–H groups in total. The highest BCUT2D eigenvalue weighted by atomic mass is 19.1. The number of benzene rings is 1. The van der Waals surface area contributed by atoms with Crippen molar-refractivity contribution in [3.63, 3.8) is 0 Å². The number of nitrogens with zero attached hydrogens (tertiary/aromatic N) is 4. The van der Waals surface area contributed by atoms with Gasteiger partial charge in [0.25, 0.3) is 0 Å². The predicted octanol–water partition coefficient (Wildman–Crippen LogP) is 3.65. The first-order valence-corrected chi connectivity index (χ1v) is 8.95. The van der Waals surface area contributed by atoms with Crippen LogP contribution in [0.1, 0.15) is 30.8 Å². The lowest BCUT2D eigenvalue weighted by molar-refractivity contribution is -0.135. The molecule has 0 atom stereocenters. The van der Waals surface area contributed by atoms with Crippen LogP contribution in [0.15, 0.2) is 61.2 Å². The van der Waals surface area contributed by atoms with E-state index in [9.17, 15) is 9.18 Å². The minimum atomic E-state index is -0.255. The fraction of sp³-hybridized carbons (Fsp3) is 0.286. The maximum absolute atomic E-state index is 13.1. The van der Waals surface area contributed by atoms with Gasteiger partial charge in [0.1, 0.15) is 11.6 Å². The highest BCUT2D eigenvalue weighted by Crippen LogP contribution is 2.14. The van der Waals surface area contributed by atoms with E-state index in [0.717, 1.165) is 17.0 Å². The lowest BCUT2D eigenvalue weighted by Crippen LogP contribution is -2.34. The van der Waals surface area contributed by atoms with Crippen molar-refractivity contribution in [1.82, 2.24) is 19.4 Å². The van der Waals surface area contributed by atoms with Gasteiger partial charge in [-0.2, -0.15) is 0 Å². The first kappa shape index (κ1) is 18.8. The van der Waals surface area contributed by atoms with Crippen LogP contribution in [0.3, 0.4) is 0 Å². The summed E-state index contributed by atoms with van der Waals surface area (Å²) in [6.45, 7) is 5.24. The molecule has 5 nitrogen and oxygen atoms in total. The Kier molecular flexibility index (Phi) is 5.96. The van der Waals surface area contributed by atoms with Gasteiger partial charge in [-0.15, -0.1) is 0 Å². The molecule has 6 heteroatoms. The molecule has 2 heterocycles. The summed E-state index contributed by atoms with van der Waals surface area (Å²) in [6.07, 6.45) is 7.08. The molecule has 27 heavy (non-hydrogen) atoms. The van der Waals surface area contributed by atoms with Gasteiger partial charge in [-0.3, -0.25) is 9.78 Å². The summed E-state index contributed by atoms with van der Waals surface area (Å²) in [5.41, 5.74) is 1.95. The number of hydrogen-bond acceptors (Lipinski definition) is 3. The summed E-state index contributed by atoms with van der Waals surface area (Å²) in [4.78, 5) is 23.1. The van der Waals surface area contributed by atoms with Crippen LogP contribution < -0.4 is 0 Å². The molecule has 0 aliphatic heterocycles. The minimum Gasteiger partial charge on any atom is -0.331 e. The largest absolute Gasteiger partial charge is 0.331 e. The van der Waals surface area contributed by atoms with Crippen LogP contribution in [0.25, 0.3) is 0 Å². The summed E-state index contributed by atoms with van der Waals surface area (Å²) >= 11 is 0. The van der Waals surface area contributed by atoms with Gasteiger partial charge in [0.15, 0.2) is 0 Å². The van der Waals surface area contributed by atoms with E-state index < -0.39 is 0 Å². The van der Waals surface area contributed by atoms with Crippen molar-refractivity contribution in [3.8, 4) is 0 Å². The first-order valence-electron chi connectivity index (χ1n) is 8.95. The Hall–Kier alpha value is -3.02. The van der Waals surface area contributed by atoms with Crippen molar-refractivity contribution in [2.75, 3.05) is 0 Å². The van der Waals surface area contributed by atoms with Gasteiger partial charge < -0.3 is 9.47 Å². The molecular weight excluding hydrogens is 343 g/mol. The second-order valence-corrected chi connectivity index (χ2v) is 6.81. The van der Waals surface area contributed by atoms with Gasteiger partial charge in [0.2, 0.25) is 5.91 Å². The Balaban J connectivity index is 1.78. The Bertz CT molecular complexity index is 875. The van der Waals surface area contributed by atoms with Gasteiger partial charge in [-0.05, 0) is 29.3 Å². The molecule has 0 saturated carbocycles. The number of carbonyl (C=O) groups excluding carboxylic acids is 1. The van der Waals surface area contributed by atoms with E-state index >= 15 is 0 Å². The summed E-state index contributed by atoms with van der Waals surface area (Å²) in [5.74, 6) is 0.490. The van der Waals surface area contributed by atoms with Crippen molar-refractivity contribution >= 4 is 5.91 Å². The van der Waals surface area contributed by atoms with Crippen LogP contribution in [0.4, 0.5) is 4.39 Å². The van der Waals surface area contributed by atoms with E-state index in [4.69, 9.17) is 0 Å². The maximum Gasteiger partial charge on any atom is 0.225 e. The van der Waals surface area contributed by atoms with Gasteiger partial charge in [0, 0.05) is 43.8 Å². The number of rotatable bonds is 7. The van der Waals surface area contributed by atoms with Crippen molar-refractivity contribution in [2.24, 2.45) is 5.92 Å². The molecule has 3 aromatic rings. The van der Waals surface area contributed by atoms with Gasteiger partial charge in [-0.1, -0.05) is 32.0 Å². The number of hydrogen-bond donors (Lipinski definition) is 0. The van der Waals surface area contributed by atoms with E-state index in [0.29, 0.717) is 19.6 Å². The van der Waals surface area contributed by atoms with Crippen molar-refractivity contribution in [2.45, 2.75) is 33.5 Å². The number of aromatic nitrogens is 3. The lowest BCUT2D eigenvalue weighted by atomic mass is 10.1. The van der Waals surface area contributed by atoms with Crippen LogP contribution in [-0.4, -0.2) is 25.3 Å². The molecule has 1 amide bonds. The molecule has 0 saturated heterocycles. The molecule has 0 spiro atoms. The van der Waals surface area contributed by atoms with Gasteiger partial charge >= 0.3 is 0 Å². The second-order valence-electron chi connectivity index (χ2n) is 6.81. The highest BCUT2D eigenvalue weighted by molar-refractivity contribution is 5.78. The van der Waals surface area contributed by atoms with E-state index in [1.165, 1.54) is 12.1 Å². The molecule has 0 fully saturated rings. The molecule has 0 aliphatic carbocycles. The fourth-order valence-electron chi connectivity index (χ4n) is 2.88. The third-order valence-corrected chi connectivity index (χ3v) is 4.30. The van der Waals surface area contributed by atoms with E-state index in [-0.39, 0.29) is 17.6 Å². The normalized spacial score (nSPS) is 11.0. The number of halogens is 1. The number of amides is 1. The average Bonchev–Trinajstić information content (AvgIpc) is 3.10. The fourth-order valence-corrected chi connectivity index (χ4v) is 2.88. The molecule has 0 radical (unpaired) electrons. The van der Waals surface area contributed by atoms with Gasteiger partial charge in [0.05, 0.1) is 6.54 Å². The summed E-state index contributed by atoms with van der Waals surface area (Å²) in [6, 6.07) is 10.2. The Morgan fingerprint density at radius 3 is 2.56 bits per heavy atom. The third kappa shape index (κ3) is 5.00. The molecule has 0 bridgehead atoms. The molecule has 140 valence electrons. The van der Waals surface area contributed by atoms with Crippen molar-refractivity contribution in [1.29, 1.82) is 0 Å². The summed E-state index contributed by atoms with van der Waals surface area (Å²) in [5, 5.41) is 0. The minimum absolute atomic E-state index is 0.0650. The van der Waals surface area contributed by atoms with Crippen molar-refractivity contribution in [3.05, 3.63) is 84.0 Å². The number of pyridine rings is 1.